The van der Waals surface area contributed by atoms with Gasteiger partial charge >= 0.3 is 5.97 Å². The highest BCUT2D eigenvalue weighted by Crippen LogP contribution is 2.23. The molecule has 6 unspecified atom stereocenters. The average molecular weight is 853 g/mol. The third-order valence-corrected chi connectivity index (χ3v) is 11.9. The maximum atomic E-state index is 12.8. The zero-order chi connectivity index (χ0) is 43.6. The molecule has 1 saturated heterocycles. The van der Waals surface area contributed by atoms with Gasteiger partial charge < -0.3 is 39.4 Å². The summed E-state index contributed by atoms with van der Waals surface area (Å²) in [6.07, 6.45) is 43.5. The highest BCUT2D eigenvalue weighted by molar-refractivity contribution is 5.69. The topological polar surface area (TPSA) is 135 Å². The molecule has 6 atom stereocenters. The van der Waals surface area contributed by atoms with Crippen LogP contribution in [-0.4, -0.2) is 89.6 Å². The molecule has 1 aliphatic rings. The fourth-order valence-electron chi connectivity index (χ4n) is 7.88. The number of carbonyl (C=O) groups excluding carboxylic acids is 1. The molecule has 0 radical (unpaired) electrons. The van der Waals surface area contributed by atoms with Gasteiger partial charge in [-0.25, -0.2) is 0 Å². The molecular formula is C51H96O9. The van der Waals surface area contributed by atoms with E-state index in [1.54, 1.807) is 0 Å². The van der Waals surface area contributed by atoms with E-state index in [4.69, 9.17) is 18.9 Å². The lowest BCUT2D eigenvalue weighted by molar-refractivity contribution is -0.305. The van der Waals surface area contributed by atoms with E-state index in [-0.39, 0.29) is 19.2 Å². The smallest absolute Gasteiger partial charge is 0.306 e. The molecule has 0 aromatic carbocycles. The van der Waals surface area contributed by atoms with Crippen LogP contribution in [0.4, 0.5) is 0 Å². The molecule has 0 spiro atoms. The second-order valence-corrected chi connectivity index (χ2v) is 17.6. The molecule has 0 bridgehead atoms. The highest BCUT2D eigenvalue weighted by Gasteiger charge is 2.44. The first-order valence-electron chi connectivity index (χ1n) is 25.4. The monoisotopic (exact) mass is 853 g/mol. The number of allylic oxidation sites excluding steroid dienone is 4. The minimum atomic E-state index is -1.54. The van der Waals surface area contributed by atoms with Gasteiger partial charge in [0.15, 0.2) is 6.29 Å². The van der Waals surface area contributed by atoms with E-state index in [0.29, 0.717) is 13.0 Å². The van der Waals surface area contributed by atoms with Crippen molar-refractivity contribution < 1.29 is 44.2 Å². The number of aliphatic hydroxyl groups is 4. The SMILES string of the molecule is CCCCCC/C=C\C/C=C\CCCCCCCC(=O)OC(COCCCCCCCCCCCCCCCCCCCCCCC)COC1OC(CO)C(O)C(O)C1O. The van der Waals surface area contributed by atoms with Crippen LogP contribution < -0.4 is 0 Å². The van der Waals surface area contributed by atoms with Gasteiger partial charge in [0.05, 0.1) is 19.8 Å². The molecule has 60 heavy (non-hydrogen) atoms. The van der Waals surface area contributed by atoms with Crippen LogP contribution in [0.15, 0.2) is 24.3 Å². The van der Waals surface area contributed by atoms with Crippen molar-refractivity contribution in [3.63, 3.8) is 0 Å². The van der Waals surface area contributed by atoms with E-state index in [1.807, 2.05) is 0 Å². The van der Waals surface area contributed by atoms with Crippen LogP contribution in [-0.2, 0) is 23.7 Å². The maximum absolute atomic E-state index is 12.8. The molecule has 0 saturated carbocycles. The molecule has 4 N–H and O–H groups in total. The molecule has 354 valence electrons. The van der Waals surface area contributed by atoms with E-state index < -0.39 is 43.4 Å². The normalized spacial score (nSPS) is 20.1. The Morgan fingerprint density at radius 2 is 0.967 bits per heavy atom. The summed E-state index contributed by atoms with van der Waals surface area (Å²) in [5, 5.41) is 40.2. The number of unbranched alkanes of at least 4 members (excludes halogenated alkanes) is 29. The van der Waals surface area contributed by atoms with Gasteiger partial charge in [-0.3, -0.25) is 4.79 Å². The first kappa shape index (κ1) is 56.7. The van der Waals surface area contributed by atoms with Crippen molar-refractivity contribution in [2.24, 2.45) is 0 Å². The Hall–Kier alpha value is -1.33. The Bertz CT molecular complexity index is 972. The van der Waals surface area contributed by atoms with Crippen molar-refractivity contribution in [3.8, 4) is 0 Å². The number of ether oxygens (including phenoxy) is 4. The van der Waals surface area contributed by atoms with Gasteiger partial charge in [-0.05, 0) is 44.9 Å². The zero-order valence-electron chi connectivity index (χ0n) is 39.0. The first-order chi connectivity index (χ1) is 29.4. The third-order valence-electron chi connectivity index (χ3n) is 11.9. The first-order valence-corrected chi connectivity index (χ1v) is 25.4. The largest absolute Gasteiger partial charge is 0.457 e. The quantitative estimate of drug-likeness (QED) is 0.0268. The van der Waals surface area contributed by atoms with Crippen LogP contribution in [0.3, 0.4) is 0 Å². The van der Waals surface area contributed by atoms with Crippen molar-refractivity contribution in [3.05, 3.63) is 24.3 Å². The Labute approximate surface area is 368 Å². The standard InChI is InChI=1S/C51H96O9/c1-3-5-7-9-11-13-15-17-19-21-22-23-24-25-27-29-31-33-35-37-39-41-57-43-45(44-58-51-50(56)49(55)48(54)46(42-52)60-51)59-47(53)40-38-36-34-32-30-28-26-20-18-16-14-12-10-8-6-4-2/h14,16,20,26,45-46,48-52,54-56H,3-13,15,17-19,21-25,27-44H2,1-2H3/b16-14-,26-20-. The average Bonchev–Trinajstić information content (AvgIpc) is 3.25. The van der Waals surface area contributed by atoms with E-state index in [1.165, 1.54) is 154 Å². The summed E-state index contributed by atoms with van der Waals surface area (Å²) in [4.78, 5) is 12.8. The van der Waals surface area contributed by atoms with Gasteiger partial charge in [0.2, 0.25) is 0 Å². The summed E-state index contributed by atoms with van der Waals surface area (Å²) < 4.78 is 22.9. The lowest BCUT2D eigenvalue weighted by Crippen LogP contribution is -2.59. The Morgan fingerprint density at radius 3 is 1.45 bits per heavy atom. The minimum absolute atomic E-state index is 0.115. The van der Waals surface area contributed by atoms with Gasteiger partial charge in [0.1, 0.15) is 30.5 Å². The van der Waals surface area contributed by atoms with Crippen molar-refractivity contribution in [1.29, 1.82) is 0 Å². The molecule has 1 fully saturated rings. The van der Waals surface area contributed by atoms with Gasteiger partial charge in [-0.1, -0.05) is 205 Å². The van der Waals surface area contributed by atoms with Crippen molar-refractivity contribution >= 4 is 5.97 Å². The molecule has 0 aliphatic carbocycles. The molecular weight excluding hydrogens is 757 g/mol. The number of esters is 1. The number of rotatable bonds is 44. The Balaban J connectivity index is 2.20. The van der Waals surface area contributed by atoms with Gasteiger partial charge in [-0.2, -0.15) is 0 Å². The molecule has 0 aromatic heterocycles. The molecule has 9 nitrogen and oxygen atoms in total. The van der Waals surface area contributed by atoms with Crippen LogP contribution in [0.5, 0.6) is 0 Å². The Morgan fingerprint density at radius 1 is 0.533 bits per heavy atom. The number of aliphatic hydroxyl groups excluding tert-OH is 4. The van der Waals surface area contributed by atoms with E-state index >= 15 is 0 Å². The van der Waals surface area contributed by atoms with Crippen LogP contribution in [0, 0.1) is 0 Å². The van der Waals surface area contributed by atoms with E-state index in [0.717, 1.165) is 57.8 Å². The van der Waals surface area contributed by atoms with Crippen LogP contribution in [0.25, 0.3) is 0 Å². The van der Waals surface area contributed by atoms with Crippen LogP contribution in [0.1, 0.15) is 232 Å². The third kappa shape index (κ3) is 33.3. The second-order valence-electron chi connectivity index (χ2n) is 17.6. The summed E-state index contributed by atoms with van der Waals surface area (Å²) in [5.74, 6) is -0.323. The van der Waals surface area contributed by atoms with E-state index in [9.17, 15) is 25.2 Å². The summed E-state index contributed by atoms with van der Waals surface area (Å²) >= 11 is 0. The number of hydrogen-bond acceptors (Lipinski definition) is 9. The second kappa shape index (κ2) is 42.9. The fraction of sp³-hybridized carbons (Fsp3) is 0.902. The number of hydrogen-bond donors (Lipinski definition) is 4. The minimum Gasteiger partial charge on any atom is -0.457 e. The fourth-order valence-corrected chi connectivity index (χ4v) is 7.88. The predicted molar refractivity (Wildman–Crippen MR) is 247 cm³/mol. The molecule has 0 amide bonds. The summed E-state index contributed by atoms with van der Waals surface area (Å²) in [7, 11) is 0. The summed E-state index contributed by atoms with van der Waals surface area (Å²) in [6, 6.07) is 0. The summed E-state index contributed by atoms with van der Waals surface area (Å²) in [5.41, 5.74) is 0. The van der Waals surface area contributed by atoms with E-state index in [2.05, 4.69) is 38.2 Å². The lowest BCUT2D eigenvalue weighted by Gasteiger charge is -2.39. The zero-order valence-corrected chi connectivity index (χ0v) is 39.0. The van der Waals surface area contributed by atoms with Crippen LogP contribution in [0.2, 0.25) is 0 Å². The Kier molecular flexibility index (Phi) is 40.6. The van der Waals surface area contributed by atoms with Gasteiger partial charge in [-0.15, -0.1) is 0 Å². The molecule has 1 rings (SSSR count). The molecule has 1 heterocycles. The maximum Gasteiger partial charge on any atom is 0.306 e. The molecule has 1 aliphatic heterocycles. The lowest BCUT2D eigenvalue weighted by atomic mass is 9.99. The van der Waals surface area contributed by atoms with Crippen molar-refractivity contribution in [1.82, 2.24) is 0 Å². The predicted octanol–water partition coefficient (Wildman–Crippen LogP) is 12.1. The van der Waals surface area contributed by atoms with Crippen LogP contribution >= 0.6 is 0 Å². The highest BCUT2D eigenvalue weighted by atomic mass is 16.7. The molecule has 0 aromatic rings. The van der Waals surface area contributed by atoms with Crippen molar-refractivity contribution in [2.75, 3.05) is 26.4 Å². The summed E-state index contributed by atoms with van der Waals surface area (Å²) in [6.45, 7) is 4.57. The number of carbonyl (C=O) groups is 1. The van der Waals surface area contributed by atoms with Crippen molar-refractivity contribution in [2.45, 2.75) is 269 Å². The molecule has 9 heteroatoms. The van der Waals surface area contributed by atoms with Gasteiger partial charge in [0, 0.05) is 13.0 Å². The van der Waals surface area contributed by atoms with Gasteiger partial charge in [0.25, 0.3) is 0 Å².